The molecule has 0 fully saturated rings. The second kappa shape index (κ2) is 10.6. The molecule has 0 aliphatic heterocycles. The van der Waals surface area contributed by atoms with E-state index in [9.17, 15) is 13.2 Å². The summed E-state index contributed by atoms with van der Waals surface area (Å²) in [6.45, 7) is 10.5. The van der Waals surface area contributed by atoms with E-state index in [2.05, 4.69) is 23.9 Å². The van der Waals surface area contributed by atoms with Gasteiger partial charge in [0.15, 0.2) is 0 Å². The first-order valence-corrected chi connectivity index (χ1v) is 12.1. The van der Waals surface area contributed by atoms with E-state index in [1.54, 1.807) is 31.2 Å². The predicted molar refractivity (Wildman–Crippen MR) is 124 cm³/mol. The average molecular weight is 431 g/mol. The number of carbonyl (C=O) groups excluding carboxylic acids is 1. The number of sulfonamides is 1. The van der Waals surface area contributed by atoms with Crippen LogP contribution in [0.4, 0.5) is 5.69 Å². The minimum Gasteiger partial charge on any atom is -0.352 e. The number of aryl methyl sites for hydroxylation is 3. The summed E-state index contributed by atoms with van der Waals surface area (Å²) in [5, 5.41) is 2.97. The van der Waals surface area contributed by atoms with E-state index in [4.69, 9.17) is 0 Å². The molecule has 0 radical (unpaired) electrons. The third-order valence-electron chi connectivity index (χ3n) is 5.59. The molecule has 0 saturated carbocycles. The van der Waals surface area contributed by atoms with E-state index >= 15 is 0 Å². The molecule has 1 amide bonds. The summed E-state index contributed by atoms with van der Waals surface area (Å²) in [4.78, 5) is 12.8. The molecule has 0 heterocycles. The van der Waals surface area contributed by atoms with Crippen LogP contribution in [0.3, 0.4) is 0 Å². The van der Waals surface area contributed by atoms with Gasteiger partial charge in [-0.3, -0.25) is 9.52 Å². The fourth-order valence-electron chi connectivity index (χ4n) is 3.33. The molecule has 0 aromatic heterocycles. The Bertz CT molecular complexity index is 984. The van der Waals surface area contributed by atoms with Crippen molar-refractivity contribution < 1.29 is 13.2 Å². The van der Waals surface area contributed by atoms with Gasteiger partial charge in [0.2, 0.25) is 0 Å². The zero-order valence-electron chi connectivity index (χ0n) is 18.7. The first-order valence-electron chi connectivity index (χ1n) is 10.7. The SMILES string of the molecule is CCCC[C@H](CC)CNC(=O)c1ccc(C)c(S(=O)(=O)Nc2ccc(C)c(C)c2)c1. The number of amides is 1. The van der Waals surface area contributed by atoms with Gasteiger partial charge in [-0.05, 0) is 74.1 Å². The monoisotopic (exact) mass is 430 g/mol. The van der Waals surface area contributed by atoms with E-state index in [1.165, 1.54) is 6.07 Å². The molecule has 0 saturated heterocycles. The van der Waals surface area contributed by atoms with Crippen molar-refractivity contribution in [1.82, 2.24) is 5.32 Å². The smallest absolute Gasteiger partial charge is 0.262 e. The second-order valence-electron chi connectivity index (χ2n) is 8.01. The van der Waals surface area contributed by atoms with Crippen LogP contribution >= 0.6 is 0 Å². The van der Waals surface area contributed by atoms with Gasteiger partial charge in [0, 0.05) is 17.8 Å². The Labute approximate surface area is 181 Å². The summed E-state index contributed by atoms with van der Waals surface area (Å²) in [7, 11) is -3.81. The molecule has 0 bridgehead atoms. The minimum atomic E-state index is -3.81. The van der Waals surface area contributed by atoms with Crippen LogP contribution in [0.5, 0.6) is 0 Å². The highest BCUT2D eigenvalue weighted by Crippen LogP contribution is 2.22. The van der Waals surface area contributed by atoms with Gasteiger partial charge < -0.3 is 5.32 Å². The molecule has 2 aromatic carbocycles. The number of benzene rings is 2. The minimum absolute atomic E-state index is 0.117. The molecule has 0 aliphatic rings. The lowest BCUT2D eigenvalue weighted by Gasteiger charge is -2.16. The fourth-order valence-corrected chi connectivity index (χ4v) is 4.65. The van der Waals surface area contributed by atoms with Crippen LogP contribution in [0.15, 0.2) is 41.3 Å². The van der Waals surface area contributed by atoms with Crippen molar-refractivity contribution in [3.63, 3.8) is 0 Å². The second-order valence-corrected chi connectivity index (χ2v) is 9.66. The van der Waals surface area contributed by atoms with Crippen LogP contribution in [0.25, 0.3) is 0 Å². The quantitative estimate of drug-likeness (QED) is 0.533. The van der Waals surface area contributed by atoms with Crippen molar-refractivity contribution in [2.24, 2.45) is 5.92 Å². The van der Waals surface area contributed by atoms with Gasteiger partial charge in [0.05, 0.1) is 4.90 Å². The van der Waals surface area contributed by atoms with E-state index in [0.717, 1.165) is 36.8 Å². The van der Waals surface area contributed by atoms with Crippen molar-refractivity contribution in [1.29, 1.82) is 0 Å². The first-order chi connectivity index (χ1) is 14.2. The Kier molecular flexibility index (Phi) is 8.47. The highest BCUT2D eigenvalue weighted by Gasteiger charge is 2.20. The van der Waals surface area contributed by atoms with Gasteiger partial charge in [-0.1, -0.05) is 45.2 Å². The third kappa shape index (κ3) is 6.33. The van der Waals surface area contributed by atoms with Crippen LogP contribution < -0.4 is 10.0 Å². The molecular weight excluding hydrogens is 396 g/mol. The predicted octanol–water partition coefficient (Wildman–Crippen LogP) is 5.36. The van der Waals surface area contributed by atoms with Crippen molar-refractivity contribution >= 4 is 21.6 Å². The molecule has 2 rings (SSSR count). The van der Waals surface area contributed by atoms with Crippen molar-refractivity contribution in [3.8, 4) is 0 Å². The number of rotatable bonds is 10. The molecule has 0 unspecified atom stereocenters. The fraction of sp³-hybridized carbons (Fsp3) is 0.458. The van der Waals surface area contributed by atoms with Crippen molar-refractivity contribution in [3.05, 3.63) is 58.7 Å². The Balaban J connectivity index is 2.18. The van der Waals surface area contributed by atoms with Gasteiger partial charge in [-0.25, -0.2) is 8.42 Å². The molecule has 0 spiro atoms. The highest BCUT2D eigenvalue weighted by atomic mass is 32.2. The van der Waals surface area contributed by atoms with Crippen LogP contribution in [-0.4, -0.2) is 20.9 Å². The number of nitrogens with one attached hydrogen (secondary N) is 2. The Hall–Kier alpha value is -2.34. The van der Waals surface area contributed by atoms with Crippen LogP contribution in [0.1, 0.15) is 66.6 Å². The lowest BCUT2D eigenvalue weighted by atomic mass is 9.99. The summed E-state index contributed by atoms with van der Waals surface area (Å²) in [5.41, 5.74) is 3.56. The number of unbranched alkanes of at least 4 members (excludes halogenated alkanes) is 1. The molecule has 2 aromatic rings. The summed E-state index contributed by atoms with van der Waals surface area (Å²) < 4.78 is 28.6. The average Bonchev–Trinajstić information content (AvgIpc) is 2.70. The summed E-state index contributed by atoms with van der Waals surface area (Å²) in [6, 6.07) is 10.2. The van der Waals surface area contributed by atoms with Crippen LogP contribution in [-0.2, 0) is 10.0 Å². The molecule has 1 atom stereocenters. The van der Waals surface area contributed by atoms with Crippen molar-refractivity contribution in [2.75, 3.05) is 11.3 Å². The summed E-state index contributed by atoms with van der Waals surface area (Å²) in [5.74, 6) is 0.196. The number of hydrogen-bond donors (Lipinski definition) is 2. The van der Waals surface area contributed by atoms with E-state index in [1.807, 2.05) is 19.9 Å². The van der Waals surface area contributed by atoms with E-state index in [-0.39, 0.29) is 10.8 Å². The van der Waals surface area contributed by atoms with Gasteiger partial charge in [-0.15, -0.1) is 0 Å². The Morgan fingerprint density at radius 1 is 0.967 bits per heavy atom. The van der Waals surface area contributed by atoms with Gasteiger partial charge in [0.1, 0.15) is 0 Å². The van der Waals surface area contributed by atoms with Crippen LogP contribution in [0.2, 0.25) is 0 Å². The highest BCUT2D eigenvalue weighted by molar-refractivity contribution is 7.92. The molecule has 5 nitrogen and oxygen atoms in total. The number of carbonyl (C=O) groups is 1. The lowest BCUT2D eigenvalue weighted by molar-refractivity contribution is 0.0945. The van der Waals surface area contributed by atoms with Crippen LogP contribution in [0, 0.1) is 26.7 Å². The standard InChI is InChI=1S/C24H34N2O3S/c1-6-8-9-20(7-2)16-25-24(27)21-12-10-18(4)23(15-21)30(28,29)26-22-13-11-17(3)19(5)14-22/h10-15,20,26H,6-9,16H2,1-5H3,(H,25,27)/t20-/m0/s1. The molecule has 164 valence electrons. The van der Waals surface area contributed by atoms with Gasteiger partial charge in [0.25, 0.3) is 15.9 Å². The largest absolute Gasteiger partial charge is 0.352 e. The third-order valence-corrected chi connectivity index (χ3v) is 7.12. The van der Waals surface area contributed by atoms with E-state index < -0.39 is 10.0 Å². The maximum atomic E-state index is 13.0. The number of anilines is 1. The topological polar surface area (TPSA) is 75.3 Å². The van der Waals surface area contributed by atoms with E-state index in [0.29, 0.717) is 29.3 Å². The zero-order valence-corrected chi connectivity index (χ0v) is 19.5. The molecular formula is C24H34N2O3S. The van der Waals surface area contributed by atoms with Gasteiger partial charge in [-0.2, -0.15) is 0 Å². The Morgan fingerprint density at radius 3 is 2.30 bits per heavy atom. The molecule has 6 heteroatoms. The molecule has 30 heavy (non-hydrogen) atoms. The normalized spacial score (nSPS) is 12.4. The summed E-state index contributed by atoms with van der Waals surface area (Å²) >= 11 is 0. The van der Waals surface area contributed by atoms with Crippen molar-refractivity contribution in [2.45, 2.75) is 65.2 Å². The maximum absolute atomic E-state index is 13.0. The summed E-state index contributed by atoms with van der Waals surface area (Å²) in [6.07, 6.45) is 4.37. The Morgan fingerprint density at radius 2 is 1.67 bits per heavy atom. The van der Waals surface area contributed by atoms with Gasteiger partial charge >= 0.3 is 0 Å². The first kappa shape index (κ1) is 23.9. The molecule has 2 N–H and O–H groups in total. The number of hydrogen-bond acceptors (Lipinski definition) is 3. The zero-order chi connectivity index (χ0) is 22.3. The maximum Gasteiger partial charge on any atom is 0.262 e. The lowest BCUT2D eigenvalue weighted by Crippen LogP contribution is -2.29. The molecule has 0 aliphatic carbocycles.